The van der Waals surface area contributed by atoms with Gasteiger partial charge in [-0.05, 0) is 51.5 Å². The highest BCUT2D eigenvalue weighted by Gasteiger charge is 2.39. The fourth-order valence-electron chi connectivity index (χ4n) is 3.75. The Morgan fingerprint density at radius 1 is 1.05 bits per heavy atom. The van der Waals surface area contributed by atoms with Crippen molar-refractivity contribution in [3.05, 3.63) is 0 Å². The number of hydrogen-bond acceptors (Lipinski definition) is 3. The van der Waals surface area contributed by atoms with Crippen LogP contribution in [0.5, 0.6) is 0 Å². The topological polar surface area (TPSA) is 24.5 Å². The molecule has 2 saturated heterocycles. The average Bonchev–Trinajstić information content (AvgIpc) is 2.67. The van der Waals surface area contributed by atoms with Gasteiger partial charge in [0.25, 0.3) is 0 Å². The normalized spacial score (nSPS) is 30.9. The molecule has 2 rings (SSSR count). The van der Waals surface area contributed by atoms with Gasteiger partial charge in [-0.15, -0.1) is 0 Å². The maximum atomic E-state index is 5.60. The van der Waals surface area contributed by atoms with Gasteiger partial charge in [0.05, 0.1) is 0 Å². The molecule has 0 saturated carbocycles. The minimum absolute atomic E-state index is 0.782. The average molecular weight is 268 g/mol. The molecule has 0 aliphatic carbocycles. The van der Waals surface area contributed by atoms with Crippen LogP contribution in [-0.4, -0.2) is 49.3 Å². The summed E-state index contributed by atoms with van der Waals surface area (Å²) in [5, 5.41) is 3.73. The van der Waals surface area contributed by atoms with Gasteiger partial charge in [0.15, 0.2) is 0 Å². The summed E-state index contributed by atoms with van der Waals surface area (Å²) in [6.45, 7) is 8.74. The van der Waals surface area contributed by atoms with Crippen LogP contribution in [-0.2, 0) is 4.74 Å². The zero-order chi connectivity index (χ0) is 13.5. The first-order valence-corrected chi connectivity index (χ1v) is 8.42. The largest absolute Gasteiger partial charge is 0.381 e. The molecule has 0 amide bonds. The molecule has 3 nitrogen and oxygen atoms in total. The molecule has 0 aromatic heterocycles. The standard InChI is InChI=1S/C16H32N2O/c1-3-8-17-14-12-15-6-7-16(13-14)18(15)9-5-11-19-10-4-2/h14-17H,3-13H2,1-2H3. The van der Waals surface area contributed by atoms with Crippen LogP contribution in [0.2, 0.25) is 0 Å². The smallest absolute Gasteiger partial charge is 0.0478 e. The molecule has 0 spiro atoms. The van der Waals surface area contributed by atoms with Gasteiger partial charge in [-0.2, -0.15) is 0 Å². The van der Waals surface area contributed by atoms with Gasteiger partial charge < -0.3 is 10.1 Å². The van der Waals surface area contributed by atoms with Crippen LogP contribution >= 0.6 is 0 Å². The molecule has 2 aliphatic rings. The molecule has 1 N–H and O–H groups in total. The minimum Gasteiger partial charge on any atom is -0.381 e. The number of nitrogens with zero attached hydrogens (tertiary/aromatic N) is 1. The molecular weight excluding hydrogens is 236 g/mol. The van der Waals surface area contributed by atoms with E-state index in [-0.39, 0.29) is 0 Å². The molecule has 2 unspecified atom stereocenters. The lowest BCUT2D eigenvalue weighted by molar-refractivity contribution is 0.0858. The summed E-state index contributed by atoms with van der Waals surface area (Å²) in [5.41, 5.74) is 0. The van der Waals surface area contributed by atoms with E-state index in [0.29, 0.717) is 0 Å². The van der Waals surface area contributed by atoms with Crippen molar-refractivity contribution >= 4 is 0 Å². The van der Waals surface area contributed by atoms with Crippen LogP contribution in [0.25, 0.3) is 0 Å². The number of piperidine rings is 1. The summed E-state index contributed by atoms with van der Waals surface area (Å²) in [6.07, 6.45) is 9.18. The predicted octanol–water partition coefficient (Wildman–Crippen LogP) is 2.80. The van der Waals surface area contributed by atoms with Crippen molar-refractivity contribution in [2.45, 2.75) is 76.9 Å². The third kappa shape index (κ3) is 4.44. The van der Waals surface area contributed by atoms with Crippen molar-refractivity contribution in [2.75, 3.05) is 26.3 Å². The fourth-order valence-corrected chi connectivity index (χ4v) is 3.75. The van der Waals surface area contributed by atoms with Gasteiger partial charge >= 0.3 is 0 Å². The van der Waals surface area contributed by atoms with Crippen LogP contribution in [0.4, 0.5) is 0 Å². The van der Waals surface area contributed by atoms with Gasteiger partial charge in [0, 0.05) is 37.9 Å². The van der Waals surface area contributed by atoms with Crippen molar-refractivity contribution < 1.29 is 4.74 Å². The SMILES string of the molecule is CCCNC1CC2CCC(C1)N2CCCOCCC. The molecule has 2 aliphatic heterocycles. The summed E-state index contributed by atoms with van der Waals surface area (Å²) < 4.78 is 5.60. The summed E-state index contributed by atoms with van der Waals surface area (Å²) in [5.74, 6) is 0. The van der Waals surface area contributed by atoms with E-state index < -0.39 is 0 Å². The molecule has 19 heavy (non-hydrogen) atoms. The highest BCUT2D eigenvalue weighted by molar-refractivity contribution is 4.97. The summed E-state index contributed by atoms with van der Waals surface area (Å²) in [4.78, 5) is 2.78. The maximum Gasteiger partial charge on any atom is 0.0478 e. The first-order valence-electron chi connectivity index (χ1n) is 8.42. The summed E-state index contributed by atoms with van der Waals surface area (Å²) in [7, 11) is 0. The van der Waals surface area contributed by atoms with E-state index in [1.807, 2.05) is 0 Å². The van der Waals surface area contributed by atoms with Crippen LogP contribution in [0.1, 0.15) is 58.8 Å². The summed E-state index contributed by atoms with van der Waals surface area (Å²) >= 11 is 0. The maximum absolute atomic E-state index is 5.60. The van der Waals surface area contributed by atoms with E-state index in [4.69, 9.17) is 4.74 Å². The zero-order valence-corrected chi connectivity index (χ0v) is 12.9. The number of hydrogen-bond donors (Lipinski definition) is 1. The Bertz CT molecular complexity index is 233. The molecule has 0 aromatic carbocycles. The molecule has 2 atom stereocenters. The highest BCUT2D eigenvalue weighted by atomic mass is 16.5. The summed E-state index contributed by atoms with van der Waals surface area (Å²) in [6, 6.07) is 2.48. The lowest BCUT2D eigenvalue weighted by atomic mass is 9.97. The van der Waals surface area contributed by atoms with Gasteiger partial charge in [-0.25, -0.2) is 0 Å². The van der Waals surface area contributed by atoms with Gasteiger partial charge in [0.2, 0.25) is 0 Å². The Morgan fingerprint density at radius 3 is 2.42 bits per heavy atom. The Kier molecular flexibility index (Phi) is 6.62. The van der Waals surface area contributed by atoms with E-state index in [0.717, 1.165) is 37.8 Å². The Hall–Kier alpha value is -0.120. The molecule has 2 fully saturated rings. The second kappa shape index (κ2) is 8.23. The number of fused-ring (bicyclic) bond motifs is 2. The van der Waals surface area contributed by atoms with Crippen LogP contribution in [0.15, 0.2) is 0 Å². The van der Waals surface area contributed by atoms with E-state index in [9.17, 15) is 0 Å². The minimum atomic E-state index is 0.782. The monoisotopic (exact) mass is 268 g/mol. The van der Waals surface area contributed by atoms with E-state index in [1.54, 1.807) is 0 Å². The number of rotatable bonds is 9. The quantitative estimate of drug-likeness (QED) is 0.651. The van der Waals surface area contributed by atoms with Crippen molar-refractivity contribution in [1.82, 2.24) is 10.2 Å². The third-order valence-electron chi connectivity index (χ3n) is 4.62. The van der Waals surface area contributed by atoms with Crippen LogP contribution in [0.3, 0.4) is 0 Å². The third-order valence-corrected chi connectivity index (χ3v) is 4.62. The Labute approximate surface area is 119 Å². The van der Waals surface area contributed by atoms with E-state index in [2.05, 4.69) is 24.1 Å². The molecule has 112 valence electrons. The molecule has 0 radical (unpaired) electrons. The number of ether oxygens (including phenoxy) is 1. The van der Waals surface area contributed by atoms with Crippen molar-refractivity contribution in [3.63, 3.8) is 0 Å². The van der Waals surface area contributed by atoms with Crippen LogP contribution in [0, 0.1) is 0 Å². The lowest BCUT2D eigenvalue weighted by Gasteiger charge is -2.39. The second-order valence-corrected chi connectivity index (χ2v) is 6.21. The molecule has 3 heteroatoms. The second-order valence-electron chi connectivity index (χ2n) is 6.21. The Balaban J connectivity index is 1.67. The molecule has 0 aromatic rings. The van der Waals surface area contributed by atoms with Crippen molar-refractivity contribution in [1.29, 1.82) is 0 Å². The fraction of sp³-hybridized carbons (Fsp3) is 1.00. The van der Waals surface area contributed by atoms with Gasteiger partial charge in [-0.1, -0.05) is 13.8 Å². The first-order chi connectivity index (χ1) is 9.35. The first kappa shape index (κ1) is 15.3. The highest BCUT2D eigenvalue weighted by Crippen LogP contribution is 2.35. The lowest BCUT2D eigenvalue weighted by Crippen LogP contribution is -2.49. The van der Waals surface area contributed by atoms with E-state index in [1.165, 1.54) is 51.6 Å². The predicted molar refractivity (Wildman–Crippen MR) is 80.6 cm³/mol. The molecule has 2 heterocycles. The van der Waals surface area contributed by atoms with E-state index >= 15 is 0 Å². The molecular formula is C16H32N2O. The van der Waals surface area contributed by atoms with Crippen LogP contribution < -0.4 is 5.32 Å². The van der Waals surface area contributed by atoms with Gasteiger partial charge in [0.1, 0.15) is 0 Å². The number of nitrogens with one attached hydrogen (secondary N) is 1. The van der Waals surface area contributed by atoms with Crippen molar-refractivity contribution in [2.24, 2.45) is 0 Å². The van der Waals surface area contributed by atoms with Crippen molar-refractivity contribution in [3.8, 4) is 0 Å². The van der Waals surface area contributed by atoms with Gasteiger partial charge in [-0.3, -0.25) is 4.90 Å². The Morgan fingerprint density at radius 2 is 1.79 bits per heavy atom. The molecule has 2 bridgehead atoms. The zero-order valence-electron chi connectivity index (χ0n) is 12.9.